The van der Waals surface area contributed by atoms with Gasteiger partial charge in [0, 0.05) is 26.1 Å². The standard InChI is InChI=1S/C18H26N2O2S/c1-19(12-15-7-11-23-14-15)18(21)16-5-8-20(9-6-16)13-17-4-2-3-10-22-17/h3,7,10-11,14,16-17H,2,4-6,8-9,12-13H2,1H3/t17-/m0/s1. The molecule has 0 radical (unpaired) electrons. The molecule has 0 bridgehead atoms. The third kappa shape index (κ3) is 4.58. The molecule has 1 fully saturated rings. The van der Waals surface area contributed by atoms with E-state index in [4.69, 9.17) is 4.74 Å². The van der Waals surface area contributed by atoms with Crippen molar-refractivity contribution in [1.82, 2.24) is 9.80 Å². The van der Waals surface area contributed by atoms with Crippen molar-refractivity contribution in [2.45, 2.75) is 38.3 Å². The molecule has 1 aromatic heterocycles. The van der Waals surface area contributed by atoms with Crippen LogP contribution in [-0.2, 0) is 16.1 Å². The lowest BCUT2D eigenvalue weighted by atomic mass is 9.95. The zero-order chi connectivity index (χ0) is 16.1. The summed E-state index contributed by atoms with van der Waals surface area (Å²) in [6, 6.07) is 2.09. The van der Waals surface area contributed by atoms with E-state index in [1.54, 1.807) is 11.3 Å². The molecule has 3 heterocycles. The number of likely N-dealkylation sites (tertiary alicyclic amines) is 1. The molecule has 5 heteroatoms. The third-order valence-electron chi connectivity index (χ3n) is 4.80. The molecule has 0 unspecified atom stereocenters. The Bertz CT molecular complexity index is 521. The highest BCUT2D eigenvalue weighted by molar-refractivity contribution is 7.07. The third-order valence-corrected chi connectivity index (χ3v) is 5.53. The number of piperidine rings is 1. The Balaban J connectivity index is 1.42. The Labute approximate surface area is 142 Å². The first-order valence-corrected chi connectivity index (χ1v) is 9.45. The van der Waals surface area contributed by atoms with Crippen molar-refractivity contribution >= 4 is 17.2 Å². The molecule has 1 amide bonds. The van der Waals surface area contributed by atoms with Gasteiger partial charge in [0.2, 0.25) is 5.91 Å². The summed E-state index contributed by atoms with van der Waals surface area (Å²) in [6.45, 7) is 3.74. The van der Waals surface area contributed by atoms with E-state index in [1.165, 1.54) is 5.56 Å². The van der Waals surface area contributed by atoms with Crippen molar-refractivity contribution in [1.29, 1.82) is 0 Å². The minimum absolute atomic E-state index is 0.182. The average molecular weight is 334 g/mol. The highest BCUT2D eigenvalue weighted by Gasteiger charge is 2.28. The van der Waals surface area contributed by atoms with Crippen molar-refractivity contribution in [3.8, 4) is 0 Å². The largest absolute Gasteiger partial charge is 0.497 e. The van der Waals surface area contributed by atoms with Crippen molar-refractivity contribution in [3.63, 3.8) is 0 Å². The van der Waals surface area contributed by atoms with Gasteiger partial charge in [-0.15, -0.1) is 0 Å². The number of hydrogen-bond acceptors (Lipinski definition) is 4. The fraction of sp³-hybridized carbons (Fsp3) is 0.611. The molecule has 1 aromatic rings. The van der Waals surface area contributed by atoms with Crippen LogP contribution in [0.25, 0.3) is 0 Å². The first kappa shape index (κ1) is 16.5. The van der Waals surface area contributed by atoms with Gasteiger partial charge in [-0.25, -0.2) is 0 Å². The summed E-state index contributed by atoms with van der Waals surface area (Å²) in [5.41, 5.74) is 1.23. The Morgan fingerprint density at radius 3 is 2.87 bits per heavy atom. The van der Waals surface area contributed by atoms with Crippen molar-refractivity contribution in [2.24, 2.45) is 5.92 Å². The maximum absolute atomic E-state index is 12.6. The monoisotopic (exact) mass is 334 g/mol. The van der Waals surface area contributed by atoms with Gasteiger partial charge in [0.15, 0.2) is 0 Å². The Kier molecular flexibility index (Phi) is 5.73. The summed E-state index contributed by atoms with van der Waals surface area (Å²) in [7, 11) is 1.93. The van der Waals surface area contributed by atoms with E-state index in [0.29, 0.717) is 12.0 Å². The number of allylic oxidation sites excluding steroid dienone is 1. The molecule has 23 heavy (non-hydrogen) atoms. The lowest BCUT2D eigenvalue weighted by Crippen LogP contribution is -2.43. The summed E-state index contributed by atoms with van der Waals surface area (Å²) in [5.74, 6) is 0.481. The summed E-state index contributed by atoms with van der Waals surface area (Å²) in [6.07, 6.45) is 8.42. The van der Waals surface area contributed by atoms with Crippen molar-refractivity contribution in [2.75, 3.05) is 26.7 Å². The minimum atomic E-state index is 0.182. The molecule has 0 N–H and O–H groups in total. The molecule has 0 aliphatic carbocycles. The van der Waals surface area contributed by atoms with Gasteiger partial charge in [0.25, 0.3) is 0 Å². The number of carbonyl (C=O) groups is 1. The Morgan fingerprint density at radius 2 is 2.22 bits per heavy atom. The fourth-order valence-electron chi connectivity index (χ4n) is 3.42. The van der Waals surface area contributed by atoms with Crippen LogP contribution in [0.3, 0.4) is 0 Å². The van der Waals surface area contributed by atoms with E-state index in [1.807, 2.05) is 18.2 Å². The predicted octanol–water partition coefficient (Wildman–Crippen LogP) is 3.11. The average Bonchev–Trinajstić information content (AvgIpc) is 3.09. The second-order valence-electron chi connectivity index (χ2n) is 6.61. The summed E-state index contributed by atoms with van der Waals surface area (Å²) in [5, 5.41) is 4.18. The van der Waals surface area contributed by atoms with Crippen LogP contribution in [0.4, 0.5) is 0 Å². The summed E-state index contributed by atoms with van der Waals surface area (Å²) in [4.78, 5) is 16.9. The van der Waals surface area contributed by atoms with Gasteiger partial charge in [0.05, 0.1) is 6.26 Å². The van der Waals surface area contributed by atoms with Crippen LogP contribution < -0.4 is 0 Å². The maximum atomic E-state index is 12.6. The molecule has 1 atom stereocenters. The summed E-state index contributed by atoms with van der Waals surface area (Å²) >= 11 is 1.68. The fourth-order valence-corrected chi connectivity index (χ4v) is 4.08. The van der Waals surface area contributed by atoms with Crippen LogP contribution in [0.15, 0.2) is 29.2 Å². The van der Waals surface area contributed by atoms with Crippen molar-refractivity contribution < 1.29 is 9.53 Å². The highest BCUT2D eigenvalue weighted by Crippen LogP contribution is 2.22. The Morgan fingerprint density at radius 1 is 1.39 bits per heavy atom. The number of rotatable bonds is 5. The van der Waals surface area contributed by atoms with Crippen LogP contribution in [0.2, 0.25) is 0 Å². The zero-order valence-electron chi connectivity index (χ0n) is 13.8. The van der Waals surface area contributed by atoms with Gasteiger partial charge in [-0.05, 0) is 67.2 Å². The first-order chi connectivity index (χ1) is 11.2. The van der Waals surface area contributed by atoms with Crippen LogP contribution in [0, 0.1) is 5.92 Å². The van der Waals surface area contributed by atoms with Gasteiger partial charge in [-0.1, -0.05) is 0 Å². The predicted molar refractivity (Wildman–Crippen MR) is 93.2 cm³/mol. The van der Waals surface area contributed by atoms with Gasteiger partial charge < -0.3 is 9.64 Å². The van der Waals surface area contributed by atoms with Crippen molar-refractivity contribution in [3.05, 3.63) is 34.7 Å². The van der Waals surface area contributed by atoms with Crippen LogP contribution in [0.1, 0.15) is 31.2 Å². The van der Waals surface area contributed by atoms with Gasteiger partial charge in [-0.2, -0.15) is 11.3 Å². The molecule has 2 aliphatic heterocycles. The number of carbonyl (C=O) groups excluding carboxylic acids is 1. The topological polar surface area (TPSA) is 32.8 Å². The SMILES string of the molecule is CN(Cc1ccsc1)C(=O)C1CCN(C[C@@H]2CCC=CO2)CC1. The maximum Gasteiger partial charge on any atom is 0.225 e. The van der Waals surface area contributed by atoms with Crippen LogP contribution >= 0.6 is 11.3 Å². The molecule has 1 saturated heterocycles. The number of amides is 1. The molecular formula is C18H26N2O2S. The highest BCUT2D eigenvalue weighted by atomic mass is 32.1. The lowest BCUT2D eigenvalue weighted by Gasteiger charge is -2.35. The number of hydrogen-bond donors (Lipinski definition) is 0. The van der Waals surface area contributed by atoms with E-state index in [0.717, 1.165) is 51.9 Å². The zero-order valence-corrected chi connectivity index (χ0v) is 14.6. The Hall–Kier alpha value is -1.33. The molecule has 126 valence electrons. The number of nitrogens with zero attached hydrogens (tertiary/aromatic N) is 2. The molecule has 0 saturated carbocycles. The van der Waals surface area contributed by atoms with E-state index >= 15 is 0 Å². The molecule has 2 aliphatic rings. The van der Waals surface area contributed by atoms with E-state index in [-0.39, 0.29) is 5.92 Å². The van der Waals surface area contributed by atoms with E-state index < -0.39 is 0 Å². The van der Waals surface area contributed by atoms with E-state index in [2.05, 4.69) is 27.8 Å². The molecule has 0 aromatic carbocycles. The van der Waals surface area contributed by atoms with Crippen LogP contribution in [-0.4, -0.2) is 48.5 Å². The van der Waals surface area contributed by atoms with Gasteiger partial charge >= 0.3 is 0 Å². The smallest absolute Gasteiger partial charge is 0.225 e. The van der Waals surface area contributed by atoms with E-state index in [9.17, 15) is 4.79 Å². The molecule has 0 spiro atoms. The molecule has 3 rings (SSSR count). The second-order valence-corrected chi connectivity index (χ2v) is 7.39. The number of ether oxygens (including phenoxy) is 1. The summed E-state index contributed by atoms with van der Waals surface area (Å²) < 4.78 is 5.66. The quantitative estimate of drug-likeness (QED) is 0.829. The van der Waals surface area contributed by atoms with Gasteiger partial charge in [-0.3, -0.25) is 9.69 Å². The normalized spacial score (nSPS) is 22.7. The second kappa shape index (κ2) is 7.97. The van der Waals surface area contributed by atoms with Gasteiger partial charge in [0.1, 0.15) is 6.10 Å². The lowest BCUT2D eigenvalue weighted by molar-refractivity contribution is -0.136. The van der Waals surface area contributed by atoms with Crippen LogP contribution in [0.5, 0.6) is 0 Å². The minimum Gasteiger partial charge on any atom is -0.497 e. The molecule has 4 nitrogen and oxygen atoms in total. The first-order valence-electron chi connectivity index (χ1n) is 8.51. The number of thiophene rings is 1. The molecular weight excluding hydrogens is 308 g/mol.